The van der Waals surface area contributed by atoms with E-state index in [1.807, 2.05) is 0 Å². The van der Waals surface area contributed by atoms with E-state index in [4.69, 9.17) is 15.9 Å². The number of carbonyl (C=O) groups excluding carboxylic acids is 2. The first-order valence-electron chi connectivity index (χ1n) is 6.75. The third-order valence-electron chi connectivity index (χ3n) is 2.91. The number of nitrogens with two attached hydrogens (primary N) is 2. The summed E-state index contributed by atoms with van der Waals surface area (Å²) in [5, 5.41) is 13.9. The molecule has 0 fully saturated rings. The van der Waals surface area contributed by atoms with Gasteiger partial charge in [-0.15, -0.1) is 10.2 Å². The molecule has 10 heteroatoms. The highest BCUT2D eigenvalue weighted by Gasteiger charge is 2.14. The number of furan rings is 1. The first-order chi connectivity index (χ1) is 10.6. The Labute approximate surface area is 125 Å². The van der Waals surface area contributed by atoms with Crippen LogP contribution in [0.1, 0.15) is 29.9 Å². The van der Waals surface area contributed by atoms with Crippen LogP contribution in [-0.2, 0) is 4.79 Å². The number of unbranched alkanes of at least 4 members (excludes halogenated alkanes) is 1. The standard InChI is InChI=1S/C12H17N7O3/c13-8(10(14)20)4-1-2-6-15-12(21)11-16-18-19(17-11)9-5-3-7-22-9/h3,5,7-8H,1-2,4,6,13H2,(H2,14,20)(H,15,21)/t8-/m0/s1. The third-order valence-corrected chi connectivity index (χ3v) is 2.91. The van der Waals surface area contributed by atoms with Crippen molar-refractivity contribution in [2.75, 3.05) is 6.54 Å². The Hall–Kier alpha value is -2.75. The molecule has 0 bridgehead atoms. The number of aromatic nitrogens is 4. The fraction of sp³-hybridized carbons (Fsp3) is 0.417. The zero-order chi connectivity index (χ0) is 15.9. The molecule has 0 saturated carbocycles. The van der Waals surface area contributed by atoms with Crippen molar-refractivity contribution in [1.29, 1.82) is 0 Å². The van der Waals surface area contributed by atoms with Gasteiger partial charge in [0.15, 0.2) is 0 Å². The molecule has 2 rings (SSSR count). The molecule has 0 aliphatic carbocycles. The molecule has 1 atom stereocenters. The highest BCUT2D eigenvalue weighted by Crippen LogP contribution is 2.04. The molecule has 0 aliphatic heterocycles. The van der Waals surface area contributed by atoms with Crippen LogP contribution in [0.25, 0.3) is 5.88 Å². The highest BCUT2D eigenvalue weighted by atomic mass is 16.3. The molecule has 118 valence electrons. The zero-order valence-electron chi connectivity index (χ0n) is 11.8. The van der Waals surface area contributed by atoms with Crippen molar-refractivity contribution in [2.24, 2.45) is 11.5 Å². The number of amides is 2. The average molecular weight is 307 g/mol. The summed E-state index contributed by atoms with van der Waals surface area (Å²) >= 11 is 0. The Morgan fingerprint density at radius 2 is 2.23 bits per heavy atom. The fourth-order valence-corrected chi connectivity index (χ4v) is 1.69. The number of hydrogen-bond acceptors (Lipinski definition) is 7. The summed E-state index contributed by atoms with van der Waals surface area (Å²) in [6.45, 7) is 0.416. The molecule has 0 unspecified atom stereocenters. The molecule has 2 aromatic rings. The number of nitrogens with zero attached hydrogens (tertiary/aromatic N) is 4. The maximum atomic E-state index is 11.8. The van der Waals surface area contributed by atoms with Gasteiger partial charge in [0.1, 0.15) is 0 Å². The van der Waals surface area contributed by atoms with Crippen molar-refractivity contribution in [3.63, 3.8) is 0 Å². The van der Waals surface area contributed by atoms with Crippen molar-refractivity contribution in [1.82, 2.24) is 25.5 Å². The molecule has 2 aromatic heterocycles. The van der Waals surface area contributed by atoms with Crippen LogP contribution in [0.2, 0.25) is 0 Å². The largest absolute Gasteiger partial charge is 0.445 e. The molecule has 10 nitrogen and oxygen atoms in total. The van der Waals surface area contributed by atoms with E-state index >= 15 is 0 Å². The van der Waals surface area contributed by atoms with Gasteiger partial charge in [-0.25, -0.2) is 0 Å². The Morgan fingerprint density at radius 1 is 1.41 bits per heavy atom. The van der Waals surface area contributed by atoms with E-state index in [9.17, 15) is 9.59 Å². The summed E-state index contributed by atoms with van der Waals surface area (Å²) < 4.78 is 5.08. The lowest BCUT2D eigenvalue weighted by molar-refractivity contribution is -0.119. The van der Waals surface area contributed by atoms with Crippen LogP contribution in [0.15, 0.2) is 22.8 Å². The molecule has 2 amide bonds. The minimum atomic E-state index is -0.648. The smallest absolute Gasteiger partial charge is 0.292 e. The summed E-state index contributed by atoms with van der Waals surface area (Å²) in [5.74, 6) is -0.642. The van der Waals surface area contributed by atoms with Gasteiger partial charge >= 0.3 is 0 Å². The average Bonchev–Trinajstić information content (AvgIpc) is 3.16. The van der Waals surface area contributed by atoms with Crippen LogP contribution in [0.4, 0.5) is 0 Å². The Kier molecular flexibility index (Phi) is 5.20. The number of hydrogen-bond donors (Lipinski definition) is 3. The molecule has 0 saturated heterocycles. The Balaban J connectivity index is 1.73. The van der Waals surface area contributed by atoms with Gasteiger partial charge in [0.05, 0.1) is 12.3 Å². The molecular formula is C12H17N7O3. The van der Waals surface area contributed by atoms with Gasteiger partial charge in [-0.2, -0.15) is 0 Å². The quantitative estimate of drug-likeness (QED) is 0.526. The van der Waals surface area contributed by atoms with Crippen LogP contribution < -0.4 is 16.8 Å². The predicted molar refractivity (Wildman–Crippen MR) is 74.8 cm³/mol. The maximum Gasteiger partial charge on any atom is 0.292 e. The molecule has 0 radical (unpaired) electrons. The fourth-order valence-electron chi connectivity index (χ4n) is 1.69. The summed E-state index contributed by atoms with van der Waals surface area (Å²) in [4.78, 5) is 23.7. The topological polar surface area (TPSA) is 155 Å². The van der Waals surface area contributed by atoms with Gasteiger partial charge in [-0.1, -0.05) is 4.80 Å². The van der Waals surface area contributed by atoms with Gasteiger partial charge < -0.3 is 21.2 Å². The second-order valence-corrected chi connectivity index (χ2v) is 4.61. The summed E-state index contributed by atoms with van der Waals surface area (Å²) in [6, 6.07) is 2.67. The van der Waals surface area contributed by atoms with Crippen LogP contribution in [0.3, 0.4) is 0 Å². The van der Waals surface area contributed by atoms with Crippen molar-refractivity contribution >= 4 is 11.8 Å². The molecule has 5 N–H and O–H groups in total. The second kappa shape index (κ2) is 7.31. The van der Waals surface area contributed by atoms with Crippen molar-refractivity contribution in [3.8, 4) is 5.88 Å². The molecule has 22 heavy (non-hydrogen) atoms. The van der Waals surface area contributed by atoms with Gasteiger partial charge in [-0.05, 0) is 30.5 Å². The number of nitrogens with one attached hydrogen (secondary N) is 1. The molecular weight excluding hydrogens is 290 g/mol. The maximum absolute atomic E-state index is 11.8. The first-order valence-corrected chi connectivity index (χ1v) is 6.75. The predicted octanol–water partition coefficient (Wildman–Crippen LogP) is -1.03. The number of tetrazole rings is 1. The number of carbonyl (C=O) groups is 2. The van der Waals surface area contributed by atoms with Crippen molar-refractivity contribution in [2.45, 2.75) is 25.3 Å². The molecule has 0 spiro atoms. The number of rotatable bonds is 8. The normalized spacial score (nSPS) is 12.0. The van der Waals surface area contributed by atoms with E-state index in [0.29, 0.717) is 31.7 Å². The van der Waals surface area contributed by atoms with E-state index < -0.39 is 17.9 Å². The van der Waals surface area contributed by atoms with Crippen molar-refractivity contribution in [3.05, 3.63) is 24.2 Å². The summed E-state index contributed by atoms with van der Waals surface area (Å²) in [5.41, 5.74) is 10.5. The SMILES string of the molecule is NC(=O)[C@@H](N)CCCCNC(=O)c1nnn(-c2ccco2)n1. The van der Waals surface area contributed by atoms with Gasteiger partial charge in [0.25, 0.3) is 11.7 Å². The lowest BCUT2D eigenvalue weighted by atomic mass is 10.1. The first kappa shape index (κ1) is 15.6. The van der Waals surface area contributed by atoms with Crippen LogP contribution in [0.5, 0.6) is 0 Å². The van der Waals surface area contributed by atoms with Gasteiger partial charge in [0.2, 0.25) is 11.8 Å². The molecule has 0 aliphatic rings. The van der Waals surface area contributed by atoms with E-state index in [1.54, 1.807) is 12.1 Å². The van der Waals surface area contributed by atoms with Crippen molar-refractivity contribution < 1.29 is 14.0 Å². The van der Waals surface area contributed by atoms with Gasteiger partial charge in [-0.3, -0.25) is 9.59 Å². The van der Waals surface area contributed by atoms with E-state index in [0.717, 1.165) is 4.80 Å². The number of primary amides is 1. The molecule has 0 aromatic carbocycles. The van der Waals surface area contributed by atoms with E-state index in [2.05, 4.69) is 20.7 Å². The highest BCUT2D eigenvalue weighted by molar-refractivity contribution is 5.90. The second-order valence-electron chi connectivity index (χ2n) is 4.61. The summed E-state index contributed by atoms with van der Waals surface area (Å²) in [7, 11) is 0. The minimum Gasteiger partial charge on any atom is -0.445 e. The third kappa shape index (κ3) is 4.12. The lowest BCUT2D eigenvalue weighted by Crippen LogP contribution is -2.36. The van der Waals surface area contributed by atoms with Crippen LogP contribution in [0, 0.1) is 0 Å². The Morgan fingerprint density at radius 3 is 2.91 bits per heavy atom. The van der Waals surface area contributed by atoms with E-state index in [1.165, 1.54) is 6.26 Å². The monoisotopic (exact) mass is 307 g/mol. The van der Waals surface area contributed by atoms with Gasteiger partial charge in [0, 0.05) is 12.6 Å². The zero-order valence-corrected chi connectivity index (χ0v) is 11.8. The summed E-state index contributed by atoms with van der Waals surface area (Å²) in [6.07, 6.45) is 3.29. The Bertz CT molecular complexity index is 622. The van der Waals surface area contributed by atoms with Crippen LogP contribution >= 0.6 is 0 Å². The minimum absolute atomic E-state index is 0.0507. The van der Waals surface area contributed by atoms with E-state index in [-0.39, 0.29) is 5.82 Å². The lowest BCUT2D eigenvalue weighted by Gasteiger charge is -2.06. The van der Waals surface area contributed by atoms with Crippen LogP contribution in [-0.4, -0.2) is 44.6 Å². The molecule has 2 heterocycles.